The van der Waals surface area contributed by atoms with Crippen molar-refractivity contribution in [2.45, 2.75) is 13.0 Å². The molecule has 1 aromatic heterocycles. The fraction of sp³-hybridized carbons (Fsp3) is 0.333. The monoisotopic (exact) mass is 290 g/mol. The lowest BCUT2D eigenvalue weighted by Crippen LogP contribution is -2.34. The number of nitrogens with one attached hydrogen (secondary N) is 2. The number of hydrogen-bond donors (Lipinski definition) is 2. The number of rotatable bonds is 5. The Kier molecular flexibility index (Phi) is 4.59. The largest absolute Gasteiger partial charge is 0.497 e. The van der Waals surface area contributed by atoms with Gasteiger partial charge in [-0.15, -0.1) is 0 Å². The summed E-state index contributed by atoms with van der Waals surface area (Å²) in [5.74, 6) is 0.224. The van der Waals surface area contributed by atoms with Gasteiger partial charge >= 0.3 is 0 Å². The van der Waals surface area contributed by atoms with Gasteiger partial charge in [-0.3, -0.25) is 9.59 Å². The molecule has 2 rings (SSSR count). The fourth-order valence-electron chi connectivity index (χ4n) is 1.91. The van der Waals surface area contributed by atoms with Gasteiger partial charge in [0.25, 0.3) is 5.91 Å². The van der Waals surface area contributed by atoms with E-state index >= 15 is 0 Å². The molecule has 1 heterocycles. The second-order valence-corrected chi connectivity index (χ2v) is 4.70. The molecule has 21 heavy (non-hydrogen) atoms. The Hall–Kier alpha value is -2.34. The maximum atomic E-state index is 12.3. The highest BCUT2D eigenvalue weighted by Crippen LogP contribution is 2.16. The molecule has 0 fully saturated rings. The molecule has 0 radical (unpaired) electrons. The number of methoxy groups -OCH3 is 2. The third kappa shape index (κ3) is 3.22. The van der Waals surface area contributed by atoms with Gasteiger partial charge in [0.05, 0.1) is 18.7 Å². The number of hydrogen-bond acceptors (Lipinski definition) is 4. The van der Waals surface area contributed by atoms with Crippen LogP contribution < -0.4 is 15.5 Å². The molecule has 2 N–H and O–H groups in total. The number of fused-ring (bicyclic) bond motifs is 1. The first kappa shape index (κ1) is 15.1. The standard InChI is InChI=1S/C15H18N2O4/c1-9(20-2)7-17-15(19)12-8-16-13-6-10(21-3)4-5-11(13)14(12)18/h4-6,8-9H,7H2,1-3H3,(H,16,18)(H,17,19). The van der Waals surface area contributed by atoms with Crippen LogP contribution in [0.25, 0.3) is 10.9 Å². The maximum Gasteiger partial charge on any atom is 0.256 e. The maximum absolute atomic E-state index is 12.3. The number of H-pyrrole nitrogens is 1. The van der Waals surface area contributed by atoms with Crippen LogP contribution in [0.5, 0.6) is 5.75 Å². The Morgan fingerprint density at radius 1 is 1.38 bits per heavy atom. The Morgan fingerprint density at radius 2 is 2.14 bits per heavy atom. The van der Waals surface area contributed by atoms with E-state index in [1.807, 2.05) is 6.92 Å². The van der Waals surface area contributed by atoms with E-state index < -0.39 is 5.91 Å². The van der Waals surface area contributed by atoms with Gasteiger partial charge in [0.2, 0.25) is 5.43 Å². The predicted molar refractivity (Wildman–Crippen MR) is 79.9 cm³/mol. The second kappa shape index (κ2) is 6.41. The van der Waals surface area contributed by atoms with Gasteiger partial charge in [0.15, 0.2) is 0 Å². The average molecular weight is 290 g/mol. The summed E-state index contributed by atoms with van der Waals surface area (Å²) in [7, 11) is 3.12. The number of aromatic amines is 1. The van der Waals surface area contributed by atoms with Crippen LogP contribution in [0.3, 0.4) is 0 Å². The minimum atomic E-state index is -0.419. The number of aromatic nitrogens is 1. The van der Waals surface area contributed by atoms with Crippen LogP contribution in [0.4, 0.5) is 0 Å². The van der Waals surface area contributed by atoms with Gasteiger partial charge in [-0.2, -0.15) is 0 Å². The lowest BCUT2D eigenvalue weighted by molar-refractivity contribution is 0.0869. The molecule has 0 aliphatic heterocycles. The predicted octanol–water partition coefficient (Wildman–Crippen LogP) is 1.30. The number of benzene rings is 1. The van der Waals surface area contributed by atoms with Crippen LogP contribution in [0.15, 0.2) is 29.2 Å². The minimum absolute atomic E-state index is 0.0796. The van der Waals surface area contributed by atoms with E-state index in [9.17, 15) is 9.59 Å². The zero-order chi connectivity index (χ0) is 15.4. The number of pyridine rings is 1. The number of carbonyl (C=O) groups is 1. The van der Waals surface area contributed by atoms with Gasteiger partial charge in [-0.05, 0) is 19.1 Å². The molecule has 6 heteroatoms. The summed E-state index contributed by atoms with van der Waals surface area (Å²) in [5.41, 5.74) is 0.395. The van der Waals surface area contributed by atoms with Crippen molar-refractivity contribution in [3.05, 3.63) is 40.2 Å². The van der Waals surface area contributed by atoms with E-state index in [1.165, 1.54) is 6.20 Å². The average Bonchev–Trinajstić information content (AvgIpc) is 2.52. The number of amides is 1. The molecular weight excluding hydrogens is 272 g/mol. The van der Waals surface area contributed by atoms with Gasteiger partial charge in [-0.25, -0.2) is 0 Å². The van der Waals surface area contributed by atoms with Crippen LogP contribution in [-0.2, 0) is 4.74 Å². The van der Waals surface area contributed by atoms with E-state index in [4.69, 9.17) is 9.47 Å². The summed E-state index contributed by atoms with van der Waals surface area (Å²) in [4.78, 5) is 27.3. The lowest BCUT2D eigenvalue weighted by atomic mass is 10.1. The van der Waals surface area contributed by atoms with E-state index in [2.05, 4.69) is 10.3 Å². The van der Waals surface area contributed by atoms with Gasteiger partial charge < -0.3 is 19.8 Å². The first-order valence-corrected chi connectivity index (χ1v) is 6.57. The molecule has 1 unspecified atom stereocenters. The third-order valence-electron chi connectivity index (χ3n) is 3.29. The SMILES string of the molecule is COc1ccc2c(=O)c(C(=O)NCC(C)OC)c[nH]c2c1. The summed E-state index contributed by atoms with van der Waals surface area (Å²) < 4.78 is 10.1. The molecule has 0 bridgehead atoms. The highest BCUT2D eigenvalue weighted by molar-refractivity contribution is 5.97. The van der Waals surface area contributed by atoms with E-state index in [1.54, 1.807) is 32.4 Å². The van der Waals surface area contributed by atoms with Crippen LogP contribution in [0.1, 0.15) is 17.3 Å². The Morgan fingerprint density at radius 3 is 2.81 bits per heavy atom. The van der Waals surface area contributed by atoms with E-state index in [0.717, 1.165) is 0 Å². The summed E-state index contributed by atoms with van der Waals surface area (Å²) in [6.07, 6.45) is 1.30. The molecule has 2 aromatic rings. The van der Waals surface area contributed by atoms with Gasteiger partial charge in [0, 0.05) is 31.3 Å². The van der Waals surface area contributed by atoms with Gasteiger partial charge in [-0.1, -0.05) is 0 Å². The first-order valence-electron chi connectivity index (χ1n) is 6.57. The Bertz CT molecular complexity index is 708. The third-order valence-corrected chi connectivity index (χ3v) is 3.29. The minimum Gasteiger partial charge on any atom is -0.497 e. The normalized spacial score (nSPS) is 12.1. The van der Waals surface area contributed by atoms with E-state index in [0.29, 0.717) is 23.2 Å². The van der Waals surface area contributed by atoms with Crippen LogP contribution in [-0.4, -0.2) is 37.8 Å². The molecule has 0 spiro atoms. The molecule has 0 saturated carbocycles. The fourth-order valence-corrected chi connectivity index (χ4v) is 1.91. The van der Waals surface area contributed by atoms with Crippen molar-refractivity contribution in [1.29, 1.82) is 0 Å². The molecule has 0 aliphatic carbocycles. The van der Waals surface area contributed by atoms with Crippen LogP contribution in [0.2, 0.25) is 0 Å². The van der Waals surface area contributed by atoms with Crippen LogP contribution >= 0.6 is 0 Å². The van der Waals surface area contributed by atoms with E-state index in [-0.39, 0.29) is 17.1 Å². The second-order valence-electron chi connectivity index (χ2n) is 4.70. The quantitative estimate of drug-likeness (QED) is 0.870. The molecule has 0 saturated heterocycles. The summed E-state index contributed by atoms with van der Waals surface area (Å²) in [6.45, 7) is 2.17. The van der Waals surface area contributed by atoms with Crippen molar-refractivity contribution < 1.29 is 14.3 Å². The van der Waals surface area contributed by atoms with Gasteiger partial charge in [0.1, 0.15) is 11.3 Å². The molecule has 0 aliphatic rings. The molecule has 1 atom stereocenters. The Balaban J connectivity index is 2.31. The summed E-state index contributed by atoms with van der Waals surface area (Å²) in [6, 6.07) is 5.04. The highest BCUT2D eigenvalue weighted by atomic mass is 16.5. The molecule has 1 amide bonds. The first-order chi connectivity index (χ1) is 10.1. The topological polar surface area (TPSA) is 80.4 Å². The highest BCUT2D eigenvalue weighted by Gasteiger charge is 2.13. The smallest absolute Gasteiger partial charge is 0.256 e. The van der Waals surface area contributed by atoms with Crippen LogP contribution in [0, 0.1) is 0 Å². The van der Waals surface area contributed by atoms with Crippen molar-refractivity contribution in [1.82, 2.24) is 10.3 Å². The molecule has 6 nitrogen and oxygen atoms in total. The molecule has 112 valence electrons. The van der Waals surface area contributed by atoms with Crippen molar-refractivity contribution in [2.75, 3.05) is 20.8 Å². The van der Waals surface area contributed by atoms with Crippen molar-refractivity contribution in [2.24, 2.45) is 0 Å². The lowest BCUT2D eigenvalue weighted by Gasteiger charge is -2.11. The molecular formula is C15H18N2O4. The number of carbonyl (C=O) groups excluding carboxylic acids is 1. The summed E-state index contributed by atoms with van der Waals surface area (Å²) in [5, 5.41) is 3.12. The Labute approximate surface area is 122 Å². The van der Waals surface area contributed by atoms with Crippen molar-refractivity contribution >= 4 is 16.8 Å². The zero-order valence-electron chi connectivity index (χ0n) is 12.2. The zero-order valence-corrected chi connectivity index (χ0v) is 12.2. The molecule has 1 aromatic carbocycles. The van der Waals surface area contributed by atoms with Crippen molar-refractivity contribution in [3.8, 4) is 5.75 Å². The summed E-state index contributed by atoms with van der Waals surface area (Å²) >= 11 is 0. The number of ether oxygens (including phenoxy) is 2. The van der Waals surface area contributed by atoms with Crippen molar-refractivity contribution in [3.63, 3.8) is 0 Å².